The van der Waals surface area contributed by atoms with Gasteiger partial charge in [-0.25, -0.2) is 9.97 Å². The molecule has 1 saturated carbocycles. The molecule has 1 aromatic heterocycles. The maximum Gasteiger partial charge on any atom is 0.146 e. The molecule has 2 rings (SSSR count). The number of nitrogens with zero attached hydrogens (tertiary/aromatic N) is 2. The Morgan fingerprint density at radius 2 is 1.94 bits per heavy atom. The summed E-state index contributed by atoms with van der Waals surface area (Å²) in [5.41, 5.74) is -0.236. The molecule has 0 spiro atoms. The van der Waals surface area contributed by atoms with E-state index in [4.69, 9.17) is 0 Å². The van der Waals surface area contributed by atoms with E-state index in [9.17, 15) is 5.11 Å². The molecule has 0 aliphatic heterocycles. The number of anilines is 2. The maximum atomic E-state index is 9.68. The highest BCUT2D eigenvalue weighted by molar-refractivity contribution is 9.10. The van der Waals surface area contributed by atoms with Crippen molar-refractivity contribution >= 4 is 27.6 Å². The van der Waals surface area contributed by atoms with Crippen LogP contribution < -0.4 is 10.6 Å². The Balaban J connectivity index is 2.21. The molecule has 6 heteroatoms. The van der Waals surface area contributed by atoms with Gasteiger partial charge in [-0.05, 0) is 28.8 Å². The summed E-state index contributed by atoms with van der Waals surface area (Å²) >= 11 is 3.49. The molecule has 18 heavy (non-hydrogen) atoms. The molecular formula is C12H19BrN4O. The quantitative estimate of drug-likeness (QED) is 0.796. The Labute approximate surface area is 116 Å². The van der Waals surface area contributed by atoms with Gasteiger partial charge in [0, 0.05) is 7.05 Å². The topological polar surface area (TPSA) is 70.1 Å². The first-order valence-electron chi connectivity index (χ1n) is 6.28. The molecule has 0 atom stereocenters. The van der Waals surface area contributed by atoms with E-state index in [1.54, 1.807) is 0 Å². The number of hydrogen-bond acceptors (Lipinski definition) is 5. The van der Waals surface area contributed by atoms with Gasteiger partial charge in [-0.1, -0.05) is 19.3 Å². The highest BCUT2D eigenvalue weighted by Gasteiger charge is 2.32. The molecule has 100 valence electrons. The summed E-state index contributed by atoms with van der Waals surface area (Å²) < 4.78 is 0.811. The van der Waals surface area contributed by atoms with Crippen LogP contribution in [0.1, 0.15) is 32.1 Å². The SMILES string of the molecule is CNc1ncnc(NC2(CO)CCCCC2)c1Br. The third-order valence-electron chi connectivity index (χ3n) is 3.52. The molecule has 1 heterocycles. The number of aliphatic hydroxyl groups excluding tert-OH is 1. The van der Waals surface area contributed by atoms with E-state index in [1.807, 2.05) is 7.05 Å². The molecule has 0 aromatic carbocycles. The van der Waals surface area contributed by atoms with Crippen molar-refractivity contribution in [3.8, 4) is 0 Å². The van der Waals surface area contributed by atoms with Crippen LogP contribution in [0.2, 0.25) is 0 Å². The molecule has 1 aliphatic carbocycles. The van der Waals surface area contributed by atoms with Gasteiger partial charge in [0.25, 0.3) is 0 Å². The molecule has 5 nitrogen and oxygen atoms in total. The average molecular weight is 315 g/mol. The van der Waals surface area contributed by atoms with Crippen molar-refractivity contribution in [2.45, 2.75) is 37.6 Å². The van der Waals surface area contributed by atoms with Crippen LogP contribution in [0.3, 0.4) is 0 Å². The minimum absolute atomic E-state index is 0.137. The highest BCUT2D eigenvalue weighted by atomic mass is 79.9. The third-order valence-corrected chi connectivity index (χ3v) is 4.27. The van der Waals surface area contributed by atoms with Crippen molar-refractivity contribution < 1.29 is 5.11 Å². The smallest absolute Gasteiger partial charge is 0.146 e. The lowest BCUT2D eigenvalue weighted by Crippen LogP contribution is -2.44. The van der Waals surface area contributed by atoms with E-state index < -0.39 is 0 Å². The first-order chi connectivity index (χ1) is 8.71. The average Bonchev–Trinajstić information content (AvgIpc) is 2.42. The van der Waals surface area contributed by atoms with Gasteiger partial charge >= 0.3 is 0 Å². The van der Waals surface area contributed by atoms with Gasteiger partial charge in [-0.2, -0.15) is 0 Å². The van der Waals surface area contributed by atoms with E-state index in [-0.39, 0.29) is 12.1 Å². The fourth-order valence-electron chi connectivity index (χ4n) is 2.43. The van der Waals surface area contributed by atoms with Crippen molar-refractivity contribution in [3.63, 3.8) is 0 Å². The highest BCUT2D eigenvalue weighted by Crippen LogP contribution is 2.34. The first-order valence-corrected chi connectivity index (χ1v) is 7.07. The summed E-state index contributed by atoms with van der Waals surface area (Å²) in [4.78, 5) is 8.38. The van der Waals surface area contributed by atoms with Gasteiger partial charge in [-0.3, -0.25) is 0 Å². The number of aromatic nitrogens is 2. The van der Waals surface area contributed by atoms with Crippen LogP contribution >= 0.6 is 15.9 Å². The van der Waals surface area contributed by atoms with Crippen molar-refractivity contribution in [1.29, 1.82) is 0 Å². The normalized spacial score (nSPS) is 18.4. The molecule has 0 saturated heterocycles. The van der Waals surface area contributed by atoms with Gasteiger partial charge in [0.15, 0.2) is 0 Å². The molecule has 1 aromatic rings. The van der Waals surface area contributed by atoms with Gasteiger partial charge in [0.05, 0.1) is 12.1 Å². The second-order valence-electron chi connectivity index (χ2n) is 4.76. The Bertz CT molecular complexity index is 407. The van der Waals surface area contributed by atoms with Crippen LogP contribution in [0, 0.1) is 0 Å². The maximum absolute atomic E-state index is 9.68. The standard InChI is InChI=1S/C12H19BrN4O/c1-14-10-9(13)11(16-8-15-10)17-12(7-18)5-3-2-4-6-12/h8,18H,2-7H2,1H3,(H2,14,15,16,17). The third kappa shape index (κ3) is 2.75. The zero-order chi connectivity index (χ0) is 13.0. The molecule has 0 unspecified atom stereocenters. The minimum Gasteiger partial charge on any atom is -0.394 e. The summed E-state index contributed by atoms with van der Waals surface area (Å²) in [6.07, 6.45) is 7.02. The van der Waals surface area contributed by atoms with Crippen molar-refractivity contribution in [2.24, 2.45) is 0 Å². The monoisotopic (exact) mass is 314 g/mol. The van der Waals surface area contributed by atoms with E-state index in [2.05, 4.69) is 36.5 Å². The zero-order valence-corrected chi connectivity index (χ0v) is 12.1. The number of halogens is 1. The molecule has 1 fully saturated rings. The predicted octanol–water partition coefficient (Wildman–Crippen LogP) is 2.39. The summed E-state index contributed by atoms with van der Waals surface area (Å²) in [5.74, 6) is 1.49. The molecule has 0 radical (unpaired) electrons. The second-order valence-corrected chi connectivity index (χ2v) is 5.55. The lowest BCUT2D eigenvalue weighted by molar-refractivity contribution is 0.172. The van der Waals surface area contributed by atoms with Crippen molar-refractivity contribution in [3.05, 3.63) is 10.8 Å². The van der Waals surface area contributed by atoms with E-state index >= 15 is 0 Å². The van der Waals surface area contributed by atoms with Crippen LogP contribution in [-0.4, -0.2) is 34.3 Å². The van der Waals surface area contributed by atoms with Gasteiger partial charge in [-0.15, -0.1) is 0 Å². The first kappa shape index (κ1) is 13.5. The van der Waals surface area contributed by atoms with Gasteiger partial charge < -0.3 is 15.7 Å². The van der Waals surface area contributed by atoms with Crippen LogP contribution in [0.25, 0.3) is 0 Å². The fraction of sp³-hybridized carbons (Fsp3) is 0.667. The molecular weight excluding hydrogens is 296 g/mol. The summed E-state index contributed by atoms with van der Waals surface area (Å²) in [5, 5.41) is 16.1. The number of rotatable bonds is 4. The molecule has 0 amide bonds. The minimum atomic E-state index is -0.236. The van der Waals surface area contributed by atoms with Gasteiger partial charge in [0.2, 0.25) is 0 Å². The van der Waals surface area contributed by atoms with Crippen LogP contribution in [0.5, 0.6) is 0 Å². The van der Waals surface area contributed by atoms with Crippen LogP contribution in [0.4, 0.5) is 11.6 Å². The second kappa shape index (κ2) is 5.84. The molecule has 3 N–H and O–H groups in total. The summed E-state index contributed by atoms with van der Waals surface area (Å²) in [6, 6.07) is 0. The van der Waals surface area contributed by atoms with Gasteiger partial charge in [0.1, 0.15) is 22.4 Å². The summed E-state index contributed by atoms with van der Waals surface area (Å²) in [6.45, 7) is 0.137. The number of nitrogens with one attached hydrogen (secondary N) is 2. The summed E-state index contributed by atoms with van der Waals surface area (Å²) in [7, 11) is 1.82. The lowest BCUT2D eigenvalue weighted by Gasteiger charge is -2.37. The van der Waals surface area contributed by atoms with E-state index in [0.29, 0.717) is 0 Å². The Hall–Kier alpha value is -0.880. The van der Waals surface area contributed by atoms with Crippen molar-refractivity contribution in [2.75, 3.05) is 24.3 Å². The molecule has 1 aliphatic rings. The number of aliphatic hydroxyl groups is 1. The fourth-order valence-corrected chi connectivity index (χ4v) is 2.94. The Kier molecular flexibility index (Phi) is 4.40. The predicted molar refractivity (Wildman–Crippen MR) is 75.8 cm³/mol. The van der Waals surface area contributed by atoms with Crippen LogP contribution in [0.15, 0.2) is 10.8 Å². The van der Waals surface area contributed by atoms with Crippen LogP contribution in [-0.2, 0) is 0 Å². The molecule has 0 bridgehead atoms. The van der Waals surface area contributed by atoms with Crippen molar-refractivity contribution in [1.82, 2.24) is 9.97 Å². The zero-order valence-electron chi connectivity index (χ0n) is 10.5. The van der Waals surface area contributed by atoms with E-state index in [1.165, 1.54) is 12.7 Å². The largest absolute Gasteiger partial charge is 0.394 e. The Morgan fingerprint density at radius 1 is 1.28 bits per heavy atom. The number of hydrogen-bond donors (Lipinski definition) is 3. The Morgan fingerprint density at radius 3 is 2.56 bits per heavy atom. The lowest BCUT2D eigenvalue weighted by atomic mass is 9.82. The van der Waals surface area contributed by atoms with E-state index in [0.717, 1.165) is 41.8 Å².